The van der Waals surface area contributed by atoms with E-state index in [2.05, 4.69) is 0 Å². The SMILES string of the molecule is CN(CC1CCC1)C(=O)c1cccc(CN)c1. The number of carbonyl (C=O) groups excluding carboxylic acids is 1. The molecule has 1 saturated carbocycles. The fourth-order valence-electron chi connectivity index (χ4n) is 2.20. The van der Waals surface area contributed by atoms with Gasteiger partial charge in [0.1, 0.15) is 0 Å². The fraction of sp³-hybridized carbons (Fsp3) is 0.500. The zero-order valence-corrected chi connectivity index (χ0v) is 10.4. The quantitative estimate of drug-likeness (QED) is 0.863. The van der Waals surface area contributed by atoms with Gasteiger partial charge in [-0.15, -0.1) is 0 Å². The van der Waals surface area contributed by atoms with Crippen molar-refractivity contribution in [3.05, 3.63) is 35.4 Å². The summed E-state index contributed by atoms with van der Waals surface area (Å²) in [5.41, 5.74) is 7.33. The molecule has 1 aliphatic carbocycles. The molecule has 0 aliphatic heterocycles. The second kappa shape index (κ2) is 5.32. The zero-order valence-electron chi connectivity index (χ0n) is 10.4. The predicted molar refractivity (Wildman–Crippen MR) is 68.6 cm³/mol. The summed E-state index contributed by atoms with van der Waals surface area (Å²) in [5, 5.41) is 0. The van der Waals surface area contributed by atoms with Crippen LogP contribution >= 0.6 is 0 Å². The molecule has 1 aromatic rings. The molecular weight excluding hydrogens is 212 g/mol. The molecule has 0 atom stereocenters. The van der Waals surface area contributed by atoms with Gasteiger partial charge in [0.25, 0.3) is 5.91 Å². The molecular formula is C14H20N2O. The number of hydrogen-bond donors (Lipinski definition) is 1. The van der Waals surface area contributed by atoms with Crippen molar-refractivity contribution in [1.29, 1.82) is 0 Å². The summed E-state index contributed by atoms with van der Waals surface area (Å²) in [7, 11) is 1.88. The highest BCUT2D eigenvalue weighted by atomic mass is 16.2. The fourth-order valence-corrected chi connectivity index (χ4v) is 2.20. The molecule has 92 valence electrons. The van der Waals surface area contributed by atoms with Crippen LogP contribution in [0.25, 0.3) is 0 Å². The first-order valence-electron chi connectivity index (χ1n) is 6.25. The van der Waals surface area contributed by atoms with E-state index in [0.717, 1.165) is 17.7 Å². The van der Waals surface area contributed by atoms with Gasteiger partial charge in [0.15, 0.2) is 0 Å². The number of hydrogen-bond acceptors (Lipinski definition) is 2. The van der Waals surface area contributed by atoms with Gasteiger partial charge in [-0.1, -0.05) is 18.6 Å². The summed E-state index contributed by atoms with van der Waals surface area (Å²) in [6, 6.07) is 7.59. The first-order valence-corrected chi connectivity index (χ1v) is 6.25. The van der Waals surface area contributed by atoms with Crippen LogP contribution in [0.15, 0.2) is 24.3 Å². The standard InChI is InChI=1S/C14H20N2O/c1-16(10-11-4-2-5-11)14(17)13-7-3-6-12(8-13)9-15/h3,6-8,11H,2,4-5,9-10,15H2,1H3. The van der Waals surface area contributed by atoms with Crippen LogP contribution in [0.3, 0.4) is 0 Å². The van der Waals surface area contributed by atoms with Crippen molar-refractivity contribution in [2.45, 2.75) is 25.8 Å². The summed E-state index contributed by atoms with van der Waals surface area (Å²) in [5.74, 6) is 0.814. The van der Waals surface area contributed by atoms with E-state index < -0.39 is 0 Å². The molecule has 2 N–H and O–H groups in total. The zero-order chi connectivity index (χ0) is 12.3. The topological polar surface area (TPSA) is 46.3 Å². The maximum atomic E-state index is 12.2. The lowest BCUT2D eigenvalue weighted by atomic mass is 9.85. The molecule has 0 bridgehead atoms. The molecule has 1 aromatic carbocycles. The highest BCUT2D eigenvalue weighted by Gasteiger charge is 2.21. The number of amides is 1. The van der Waals surface area contributed by atoms with Crippen LogP contribution in [0, 0.1) is 5.92 Å². The minimum Gasteiger partial charge on any atom is -0.341 e. The average Bonchev–Trinajstić information content (AvgIpc) is 2.32. The molecule has 3 nitrogen and oxygen atoms in total. The number of nitrogens with two attached hydrogens (primary N) is 1. The summed E-state index contributed by atoms with van der Waals surface area (Å²) >= 11 is 0. The van der Waals surface area contributed by atoms with Crippen LogP contribution in [0.4, 0.5) is 0 Å². The van der Waals surface area contributed by atoms with Crippen molar-refractivity contribution in [3.8, 4) is 0 Å². The molecule has 3 heteroatoms. The van der Waals surface area contributed by atoms with E-state index in [0.29, 0.717) is 12.5 Å². The largest absolute Gasteiger partial charge is 0.341 e. The Morgan fingerprint density at radius 3 is 2.82 bits per heavy atom. The molecule has 0 spiro atoms. The van der Waals surface area contributed by atoms with Crippen molar-refractivity contribution < 1.29 is 4.79 Å². The van der Waals surface area contributed by atoms with Gasteiger partial charge >= 0.3 is 0 Å². The third-order valence-electron chi connectivity index (χ3n) is 3.51. The number of benzene rings is 1. The van der Waals surface area contributed by atoms with E-state index in [4.69, 9.17) is 5.73 Å². The molecule has 0 saturated heterocycles. The van der Waals surface area contributed by atoms with E-state index in [1.807, 2.05) is 36.2 Å². The molecule has 17 heavy (non-hydrogen) atoms. The Hall–Kier alpha value is -1.35. The minimum atomic E-state index is 0.104. The molecule has 0 unspecified atom stereocenters. The van der Waals surface area contributed by atoms with Gasteiger partial charge in [0.05, 0.1) is 0 Å². The number of carbonyl (C=O) groups is 1. The second-order valence-corrected chi connectivity index (χ2v) is 4.89. The number of nitrogens with zero attached hydrogens (tertiary/aromatic N) is 1. The van der Waals surface area contributed by atoms with Crippen molar-refractivity contribution in [1.82, 2.24) is 4.90 Å². The Bertz CT molecular complexity index is 399. The minimum absolute atomic E-state index is 0.104. The molecule has 1 amide bonds. The first-order chi connectivity index (χ1) is 8.20. The second-order valence-electron chi connectivity index (χ2n) is 4.89. The monoisotopic (exact) mass is 232 g/mol. The van der Waals surface area contributed by atoms with E-state index in [1.165, 1.54) is 19.3 Å². The van der Waals surface area contributed by atoms with Gasteiger partial charge in [-0.05, 0) is 36.5 Å². The van der Waals surface area contributed by atoms with Crippen LogP contribution in [-0.2, 0) is 6.54 Å². The lowest BCUT2D eigenvalue weighted by Gasteiger charge is -2.30. The lowest BCUT2D eigenvalue weighted by Crippen LogP contribution is -2.34. The molecule has 0 heterocycles. The van der Waals surface area contributed by atoms with Crippen LogP contribution in [0.1, 0.15) is 35.2 Å². The van der Waals surface area contributed by atoms with Crippen molar-refractivity contribution in [2.75, 3.05) is 13.6 Å². The highest BCUT2D eigenvalue weighted by Crippen LogP contribution is 2.27. The molecule has 0 aromatic heterocycles. The molecule has 1 aliphatic rings. The summed E-state index contributed by atoms with van der Waals surface area (Å²) in [4.78, 5) is 14.0. The van der Waals surface area contributed by atoms with Crippen LogP contribution in [-0.4, -0.2) is 24.4 Å². The molecule has 1 fully saturated rings. The van der Waals surface area contributed by atoms with E-state index in [-0.39, 0.29) is 5.91 Å². The Morgan fingerprint density at radius 1 is 1.47 bits per heavy atom. The smallest absolute Gasteiger partial charge is 0.253 e. The van der Waals surface area contributed by atoms with Crippen molar-refractivity contribution >= 4 is 5.91 Å². The van der Waals surface area contributed by atoms with Gasteiger partial charge < -0.3 is 10.6 Å². The summed E-state index contributed by atoms with van der Waals surface area (Å²) < 4.78 is 0. The van der Waals surface area contributed by atoms with E-state index in [9.17, 15) is 4.79 Å². The lowest BCUT2D eigenvalue weighted by molar-refractivity contribution is 0.0745. The maximum Gasteiger partial charge on any atom is 0.253 e. The Kier molecular flexibility index (Phi) is 3.79. The third kappa shape index (κ3) is 2.86. The maximum absolute atomic E-state index is 12.2. The Labute approximate surface area is 103 Å². The Morgan fingerprint density at radius 2 is 2.24 bits per heavy atom. The van der Waals surface area contributed by atoms with Gasteiger partial charge in [-0.25, -0.2) is 0 Å². The van der Waals surface area contributed by atoms with Gasteiger partial charge in [-0.2, -0.15) is 0 Å². The predicted octanol–water partition coefficient (Wildman–Crippen LogP) is 2.02. The summed E-state index contributed by atoms with van der Waals surface area (Å²) in [6.07, 6.45) is 3.84. The normalized spacial score (nSPS) is 15.4. The average molecular weight is 232 g/mol. The van der Waals surface area contributed by atoms with Gasteiger partial charge in [-0.3, -0.25) is 4.79 Å². The number of rotatable bonds is 4. The van der Waals surface area contributed by atoms with Crippen LogP contribution < -0.4 is 5.73 Å². The highest BCUT2D eigenvalue weighted by molar-refractivity contribution is 5.94. The van der Waals surface area contributed by atoms with Crippen molar-refractivity contribution in [3.63, 3.8) is 0 Å². The van der Waals surface area contributed by atoms with E-state index >= 15 is 0 Å². The molecule has 2 rings (SSSR count). The van der Waals surface area contributed by atoms with E-state index in [1.54, 1.807) is 0 Å². The summed E-state index contributed by atoms with van der Waals surface area (Å²) in [6.45, 7) is 1.36. The molecule has 0 radical (unpaired) electrons. The third-order valence-corrected chi connectivity index (χ3v) is 3.51. The van der Waals surface area contributed by atoms with Gasteiger partial charge in [0.2, 0.25) is 0 Å². The van der Waals surface area contributed by atoms with Crippen molar-refractivity contribution in [2.24, 2.45) is 11.7 Å². The van der Waals surface area contributed by atoms with Gasteiger partial charge in [0, 0.05) is 25.7 Å². The Balaban J connectivity index is 2.01. The van der Waals surface area contributed by atoms with Crippen LogP contribution in [0.2, 0.25) is 0 Å². The first kappa shape index (κ1) is 12.1. The van der Waals surface area contributed by atoms with Crippen LogP contribution in [0.5, 0.6) is 0 Å².